The Labute approximate surface area is 65.8 Å². The first-order valence-electron chi connectivity index (χ1n) is 3.68. The average Bonchev–Trinajstić information content (AvgIpc) is 1.99. The van der Waals surface area contributed by atoms with Gasteiger partial charge in [0.2, 0.25) is 0 Å². The fraction of sp³-hybridized carbons (Fsp3) is 0.857. The van der Waals surface area contributed by atoms with Gasteiger partial charge in [-0.05, 0) is 12.8 Å². The van der Waals surface area contributed by atoms with Crippen LogP contribution in [0.25, 0.3) is 0 Å². The number of carbonyl (C=O) groups is 1. The summed E-state index contributed by atoms with van der Waals surface area (Å²) in [5.41, 5.74) is 0. The predicted octanol–water partition coefficient (Wildman–Crippen LogP) is -0.316. The topological polar surface area (TPSA) is 66.8 Å². The van der Waals surface area contributed by atoms with Crippen molar-refractivity contribution in [2.45, 2.75) is 19.3 Å². The third kappa shape index (κ3) is 7.29. The maximum Gasteiger partial charge on any atom is 0.308 e. The van der Waals surface area contributed by atoms with Crippen LogP contribution in [0, 0.1) is 0 Å². The quantitative estimate of drug-likeness (QED) is 0.415. The number of aliphatic hydroxyl groups is 2. The van der Waals surface area contributed by atoms with Crippen molar-refractivity contribution in [1.29, 1.82) is 0 Å². The molecule has 0 aromatic rings. The molecule has 0 fully saturated rings. The molecule has 0 amide bonds. The number of carbonyl (C=O) groups excluding carboxylic acids is 1. The first-order valence-corrected chi connectivity index (χ1v) is 3.68. The number of hydrogen-bond donors (Lipinski definition) is 2. The standard InChI is InChI=1S/C7H14O4/c8-4-1-2-6-11-7(10)3-5-9/h8-9H,1-6H2. The Morgan fingerprint density at radius 1 is 1.18 bits per heavy atom. The maximum atomic E-state index is 10.6. The largest absolute Gasteiger partial charge is 0.466 e. The van der Waals surface area contributed by atoms with E-state index in [0.29, 0.717) is 19.4 Å². The van der Waals surface area contributed by atoms with Crippen molar-refractivity contribution in [1.82, 2.24) is 0 Å². The van der Waals surface area contributed by atoms with Gasteiger partial charge in [-0.3, -0.25) is 4.79 Å². The highest BCUT2D eigenvalue weighted by atomic mass is 16.5. The summed E-state index contributed by atoms with van der Waals surface area (Å²) in [6.07, 6.45) is 1.37. The van der Waals surface area contributed by atoms with Crippen LogP contribution < -0.4 is 0 Å². The van der Waals surface area contributed by atoms with E-state index in [2.05, 4.69) is 4.74 Å². The lowest BCUT2D eigenvalue weighted by Gasteiger charge is -2.01. The van der Waals surface area contributed by atoms with E-state index < -0.39 is 0 Å². The molecule has 0 unspecified atom stereocenters. The SMILES string of the molecule is O=C(CCO)OCCCCO. The van der Waals surface area contributed by atoms with Crippen molar-refractivity contribution in [2.24, 2.45) is 0 Å². The van der Waals surface area contributed by atoms with Gasteiger partial charge in [-0.15, -0.1) is 0 Å². The molecule has 0 aliphatic carbocycles. The Balaban J connectivity index is 3.04. The number of ether oxygens (including phenoxy) is 1. The smallest absolute Gasteiger partial charge is 0.308 e. The van der Waals surface area contributed by atoms with Crippen LogP contribution in [0.2, 0.25) is 0 Å². The monoisotopic (exact) mass is 162 g/mol. The number of hydrogen-bond acceptors (Lipinski definition) is 4. The number of aliphatic hydroxyl groups excluding tert-OH is 2. The third-order valence-corrected chi connectivity index (χ3v) is 1.13. The second-order valence-corrected chi connectivity index (χ2v) is 2.12. The highest BCUT2D eigenvalue weighted by Crippen LogP contribution is 1.91. The molecule has 2 N–H and O–H groups in total. The summed E-state index contributed by atoms with van der Waals surface area (Å²) in [7, 11) is 0. The zero-order chi connectivity index (χ0) is 8.53. The molecular formula is C7H14O4. The van der Waals surface area contributed by atoms with Gasteiger partial charge in [0, 0.05) is 6.61 Å². The lowest BCUT2D eigenvalue weighted by molar-refractivity contribution is -0.144. The van der Waals surface area contributed by atoms with E-state index in [4.69, 9.17) is 10.2 Å². The van der Waals surface area contributed by atoms with E-state index in [1.807, 2.05) is 0 Å². The highest BCUT2D eigenvalue weighted by Gasteiger charge is 1.99. The van der Waals surface area contributed by atoms with Gasteiger partial charge >= 0.3 is 5.97 Å². The average molecular weight is 162 g/mol. The molecule has 0 atom stereocenters. The summed E-state index contributed by atoms with van der Waals surface area (Å²) in [5, 5.41) is 16.7. The molecule has 0 rings (SSSR count). The van der Waals surface area contributed by atoms with Crippen LogP contribution in [0.1, 0.15) is 19.3 Å². The zero-order valence-corrected chi connectivity index (χ0v) is 6.45. The molecule has 0 spiro atoms. The molecule has 0 aliphatic rings. The second kappa shape index (κ2) is 7.50. The summed E-state index contributed by atoms with van der Waals surface area (Å²) in [5.74, 6) is -0.384. The molecule has 0 aromatic carbocycles. The molecule has 0 aromatic heterocycles. The number of esters is 1. The molecular weight excluding hydrogens is 148 g/mol. The van der Waals surface area contributed by atoms with Gasteiger partial charge in [0.05, 0.1) is 19.6 Å². The first-order chi connectivity index (χ1) is 5.31. The minimum atomic E-state index is -0.384. The van der Waals surface area contributed by atoms with Crippen LogP contribution in [0.4, 0.5) is 0 Å². The molecule has 11 heavy (non-hydrogen) atoms. The maximum absolute atomic E-state index is 10.6. The second-order valence-electron chi connectivity index (χ2n) is 2.12. The summed E-state index contributed by atoms with van der Waals surface area (Å²) in [6.45, 7) is 0.287. The Bertz CT molecular complexity index is 103. The van der Waals surface area contributed by atoms with Crippen molar-refractivity contribution in [3.05, 3.63) is 0 Å². The lowest BCUT2D eigenvalue weighted by Crippen LogP contribution is -2.07. The normalized spacial score (nSPS) is 9.64. The molecule has 0 saturated heterocycles. The summed E-state index contributed by atoms with van der Waals surface area (Å²) in [4.78, 5) is 10.6. The van der Waals surface area contributed by atoms with Gasteiger partial charge in [-0.1, -0.05) is 0 Å². The molecule has 4 heteroatoms. The van der Waals surface area contributed by atoms with Crippen molar-refractivity contribution in [3.63, 3.8) is 0 Å². The van der Waals surface area contributed by atoms with Crippen LogP contribution in [-0.2, 0) is 9.53 Å². The zero-order valence-electron chi connectivity index (χ0n) is 6.45. The van der Waals surface area contributed by atoms with Crippen LogP contribution in [0.5, 0.6) is 0 Å². The molecule has 0 aliphatic heterocycles. The van der Waals surface area contributed by atoms with E-state index in [9.17, 15) is 4.79 Å². The van der Waals surface area contributed by atoms with Crippen LogP contribution in [-0.4, -0.2) is 36.0 Å². The highest BCUT2D eigenvalue weighted by molar-refractivity contribution is 5.69. The fourth-order valence-corrected chi connectivity index (χ4v) is 0.563. The van der Waals surface area contributed by atoms with Crippen LogP contribution in [0.3, 0.4) is 0 Å². The first kappa shape index (κ1) is 10.4. The van der Waals surface area contributed by atoms with Crippen molar-refractivity contribution in [2.75, 3.05) is 19.8 Å². The van der Waals surface area contributed by atoms with Gasteiger partial charge in [0.1, 0.15) is 0 Å². The van der Waals surface area contributed by atoms with Crippen LogP contribution in [0.15, 0.2) is 0 Å². The van der Waals surface area contributed by atoms with Gasteiger partial charge in [-0.2, -0.15) is 0 Å². The molecule has 4 nitrogen and oxygen atoms in total. The molecule has 0 radical (unpaired) electrons. The van der Waals surface area contributed by atoms with E-state index in [0.717, 1.165) is 0 Å². The minimum Gasteiger partial charge on any atom is -0.466 e. The number of rotatable bonds is 6. The fourth-order valence-electron chi connectivity index (χ4n) is 0.563. The summed E-state index contributed by atoms with van der Waals surface area (Å²) >= 11 is 0. The van der Waals surface area contributed by atoms with Gasteiger partial charge in [0.15, 0.2) is 0 Å². The van der Waals surface area contributed by atoms with Crippen molar-refractivity contribution < 1.29 is 19.7 Å². The van der Waals surface area contributed by atoms with E-state index in [1.165, 1.54) is 0 Å². The molecule has 0 bridgehead atoms. The Morgan fingerprint density at radius 2 is 1.91 bits per heavy atom. The lowest BCUT2D eigenvalue weighted by atomic mass is 10.3. The number of unbranched alkanes of at least 4 members (excludes halogenated alkanes) is 1. The van der Waals surface area contributed by atoms with Gasteiger partial charge in [0.25, 0.3) is 0 Å². The van der Waals surface area contributed by atoms with Crippen molar-refractivity contribution >= 4 is 5.97 Å². The van der Waals surface area contributed by atoms with Gasteiger partial charge in [-0.25, -0.2) is 0 Å². The van der Waals surface area contributed by atoms with E-state index in [1.54, 1.807) is 0 Å². The molecule has 66 valence electrons. The Morgan fingerprint density at radius 3 is 2.45 bits per heavy atom. The summed E-state index contributed by atoms with van der Waals surface area (Å²) in [6, 6.07) is 0. The van der Waals surface area contributed by atoms with Crippen LogP contribution >= 0.6 is 0 Å². The van der Waals surface area contributed by atoms with E-state index >= 15 is 0 Å². The van der Waals surface area contributed by atoms with Crippen molar-refractivity contribution in [3.8, 4) is 0 Å². The molecule has 0 heterocycles. The van der Waals surface area contributed by atoms with E-state index in [-0.39, 0.29) is 25.6 Å². The van der Waals surface area contributed by atoms with Gasteiger partial charge < -0.3 is 14.9 Å². The predicted molar refractivity (Wildman–Crippen MR) is 39.0 cm³/mol. The Kier molecular flexibility index (Phi) is 7.08. The Hall–Kier alpha value is -0.610. The molecule has 0 saturated carbocycles. The summed E-state index contributed by atoms with van der Waals surface area (Å²) < 4.78 is 4.67. The minimum absolute atomic E-state index is 0.0547. The third-order valence-electron chi connectivity index (χ3n) is 1.13.